The summed E-state index contributed by atoms with van der Waals surface area (Å²) in [5.74, 6) is -0.260. The smallest absolute Gasteiger partial charge is 0.337 e. The lowest BCUT2D eigenvalue weighted by Gasteiger charge is -2.14. The van der Waals surface area contributed by atoms with Crippen molar-refractivity contribution in [2.24, 2.45) is 0 Å². The summed E-state index contributed by atoms with van der Waals surface area (Å²) in [5, 5.41) is 14.4. The highest BCUT2D eigenvalue weighted by Gasteiger charge is 2.13. The maximum atomic E-state index is 11.7. The highest BCUT2D eigenvalue weighted by atomic mass is 32.2. The summed E-state index contributed by atoms with van der Waals surface area (Å²) in [4.78, 5) is 22.8. The predicted molar refractivity (Wildman–Crippen MR) is 78.1 cm³/mol. The van der Waals surface area contributed by atoms with E-state index in [0.717, 1.165) is 11.3 Å². The average molecular weight is 282 g/mol. The Morgan fingerprint density at radius 1 is 1.42 bits per heavy atom. The zero-order valence-electron chi connectivity index (χ0n) is 11.2. The van der Waals surface area contributed by atoms with Gasteiger partial charge in [-0.05, 0) is 32.2 Å². The lowest BCUT2D eigenvalue weighted by atomic mass is 10.1. The molecule has 0 aliphatic rings. The fourth-order valence-corrected chi connectivity index (χ4v) is 2.20. The Morgan fingerprint density at radius 2 is 2.11 bits per heavy atom. The van der Waals surface area contributed by atoms with Crippen molar-refractivity contribution in [3.05, 3.63) is 29.3 Å². The van der Waals surface area contributed by atoms with Gasteiger partial charge in [0.05, 0.1) is 11.3 Å². The van der Waals surface area contributed by atoms with Crippen LogP contribution in [0.2, 0.25) is 0 Å². The molecule has 0 aromatic heterocycles. The van der Waals surface area contributed by atoms with Crippen LogP contribution in [0.5, 0.6) is 0 Å². The van der Waals surface area contributed by atoms with E-state index in [4.69, 9.17) is 5.11 Å². The monoisotopic (exact) mass is 282 g/mol. The number of carbonyl (C=O) groups is 2. The second kappa shape index (κ2) is 7.04. The Bertz CT molecular complexity index is 477. The maximum absolute atomic E-state index is 11.7. The van der Waals surface area contributed by atoms with E-state index in [0.29, 0.717) is 5.69 Å². The molecule has 0 radical (unpaired) electrons. The van der Waals surface area contributed by atoms with Crippen LogP contribution in [0.15, 0.2) is 18.2 Å². The zero-order chi connectivity index (χ0) is 14.4. The first-order valence-corrected chi connectivity index (χ1v) is 7.23. The molecule has 0 saturated heterocycles. The molecule has 104 valence electrons. The number of anilines is 1. The van der Waals surface area contributed by atoms with Crippen molar-refractivity contribution in [2.75, 3.05) is 17.3 Å². The molecule has 3 N–H and O–H groups in total. The largest absolute Gasteiger partial charge is 0.478 e. The average Bonchev–Trinajstić information content (AvgIpc) is 2.31. The fourth-order valence-electron chi connectivity index (χ4n) is 1.62. The van der Waals surface area contributed by atoms with E-state index < -0.39 is 12.0 Å². The van der Waals surface area contributed by atoms with Crippen LogP contribution in [0.4, 0.5) is 10.5 Å². The molecular formula is C13H18N2O3S. The van der Waals surface area contributed by atoms with Gasteiger partial charge < -0.3 is 15.7 Å². The molecule has 0 spiro atoms. The molecule has 1 aromatic rings. The van der Waals surface area contributed by atoms with Crippen molar-refractivity contribution in [3.63, 3.8) is 0 Å². The number of hydrogen-bond donors (Lipinski definition) is 3. The van der Waals surface area contributed by atoms with Gasteiger partial charge in [-0.2, -0.15) is 11.8 Å². The number of thioether (sulfide) groups is 1. The molecule has 5 nitrogen and oxygen atoms in total. The molecule has 0 saturated carbocycles. The zero-order valence-corrected chi connectivity index (χ0v) is 12.0. The minimum atomic E-state index is -1.06. The van der Waals surface area contributed by atoms with Crippen molar-refractivity contribution < 1.29 is 14.7 Å². The Balaban J connectivity index is 2.76. The third kappa shape index (κ3) is 4.82. The van der Waals surface area contributed by atoms with Crippen LogP contribution in [0.3, 0.4) is 0 Å². The van der Waals surface area contributed by atoms with Gasteiger partial charge in [-0.25, -0.2) is 9.59 Å². The van der Waals surface area contributed by atoms with Crippen LogP contribution in [0.1, 0.15) is 22.8 Å². The fraction of sp³-hybridized carbons (Fsp3) is 0.385. The van der Waals surface area contributed by atoms with Crippen molar-refractivity contribution in [3.8, 4) is 0 Å². The Morgan fingerprint density at radius 3 is 2.68 bits per heavy atom. The number of hydrogen-bond acceptors (Lipinski definition) is 3. The summed E-state index contributed by atoms with van der Waals surface area (Å²) in [5.41, 5.74) is 1.22. The van der Waals surface area contributed by atoms with Gasteiger partial charge in [-0.1, -0.05) is 11.6 Å². The highest BCUT2D eigenvalue weighted by Crippen LogP contribution is 2.17. The summed E-state index contributed by atoms with van der Waals surface area (Å²) >= 11 is 1.63. The van der Waals surface area contributed by atoms with E-state index in [1.165, 1.54) is 6.07 Å². The molecule has 1 rings (SSSR count). The van der Waals surface area contributed by atoms with Crippen LogP contribution in [-0.2, 0) is 0 Å². The van der Waals surface area contributed by atoms with Crippen LogP contribution >= 0.6 is 11.8 Å². The number of carboxylic acids is 1. The molecule has 1 unspecified atom stereocenters. The quantitative estimate of drug-likeness (QED) is 0.775. The lowest BCUT2D eigenvalue weighted by Crippen LogP contribution is -2.37. The molecule has 6 heteroatoms. The van der Waals surface area contributed by atoms with E-state index in [1.807, 2.05) is 13.2 Å². The molecule has 1 atom stereocenters. The van der Waals surface area contributed by atoms with E-state index >= 15 is 0 Å². The van der Waals surface area contributed by atoms with Gasteiger partial charge in [-0.3, -0.25) is 0 Å². The topological polar surface area (TPSA) is 78.4 Å². The predicted octanol–water partition coefficient (Wildman–Crippen LogP) is 2.57. The summed E-state index contributed by atoms with van der Waals surface area (Å²) in [6, 6.07) is 4.51. The number of carbonyl (C=O) groups excluding carboxylic acids is 1. The van der Waals surface area contributed by atoms with Gasteiger partial charge >= 0.3 is 12.0 Å². The Hall–Kier alpha value is -1.69. The molecule has 0 fully saturated rings. The van der Waals surface area contributed by atoms with E-state index in [-0.39, 0.29) is 11.6 Å². The van der Waals surface area contributed by atoms with Gasteiger partial charge in [0.15, 0.2) is 0 Å². The molecule has 0 aliphatic carbocycles. The number of aromatic carboxylic acids is 1. The highest BCUT2D eigenvalue weighted by molar-refractivity contribution is 7.98. The van der Waals surface area contributed by atoms with Crippen molar-refractivity contribution in [2.45, 2.75) is 19.9 Å². The molecule has 1 aromatic carbocycles. The summed E-state index contributed by atoms with van der Waals surface area (Å²) in [7, 11) is 0. The van der Waals surface area contributed by atoms with Crippen LogP contribution in [-0.4, -0.2) is 35.2 Å². The number of amides is 2. The van der Waals surface area contributed by atoms with Crippen molar-refractivity contribution >= 4 is 29.4 Å². The molecule has 0 aliphatic heterocycles. The number of benzene rings is 1. The van der Waals surface area contributed by atoms with E-state index in [1.54, 1.807) is 30.8 Å². The molecule has 2 amide bonds. The minimum Gasteiger partial charge on any atom is -0.478 e. The van der Waals surface area contributed by atoms with Gasteiger partial charge in [0, 0.05) is 11.8 Å². The third-order valence-corrected chi connectivity index (χ3v) is 3.28. The second-order valence-corrected chi connectivity index (χ2v) is 5.22. The van der Waals surface area contributed by atoms with Gasteiger partial charge in [-0.15, -0.1) is 0 Å². The SMILES string of the molecule is CSCC(C)NC(=O)Nc1ccc(C)cc1C(=O)O. The standard InChI is InChI=1S/C13H18N2O3S/c1-8-4-5-11(10(6-8)12(16)17)15-13(18)14-9(2)7-19-3/h4-6,9H,7H2,1-3H3,(H,16,17)(H2,14,15,18). The first-order chi connectivity index (χ1) is 8.93. The molecule has 0 bridgehead atoms. The Labute approximate surface area is 116 Å². The number of nitrogens with one attached hydrogen (secondary N) is 2. The van der Waals surface area contributed by atoms with Gasteiger partial charge in [0.1, 0.15) is 0 Å². The van der Waals surface area contributed by atoms with E-state index in [9.17, 15) is 9.59 Å². The Kier molecular flexibility index (Phi) is 5.69. The first-order valence-electron chi connectivity index (χ1n) is 5.84. The number of rotatable bonds is 5. The summed E-state index contributed by atoms with van der Waals surface area (Å²) < 4.78 is 0. The third-order valence-electron chi connectivity index (χ3n) is 2.45. The summed E-state index contributed by atoms with van der Waals surface area (Å²) in [6.45, 7) is 3.69. The minimum absolute atomic E-state index is 0.0220. The molecular weight excluding hydrogens is 264 g/mol. The maximum Gasteiger partial charge on any atom is 0.337 e. The van der Waals surface area contributed by atoms with Gasteiger partial charge in [0.25, 0.3) is 0 Å². The number of carboxylic acid groups (broad SMARTS) is 1. The number of urea groups is 1. The number of aryl methyl sites for hydroxylation is 1. The second-order valence-electron chi connectivity index (χ2n) is 4.31. The van der Waals surface area contributed by atoms with Crippen LogP contribution < -0.4 is 10.6 Å². The van der Waals surface area contributed by atoms with Crippen molar-refractivity contribution in [1.29, 1.82) is 0 Å². The first kappa shape index (κ1) is 15.4. The van der Waals surface area contributed by atoms with Crippen molar-refractivity contribution in [1.82, 2.24) is 5.32 Å². The lowest BCUT2D eigenvalue weighted by molar-refractivity contribution is 0.0698. The normalized spacial score (nSPS) is 11.7. The van der Waals surface area contributed by atoms with Crippen LogP contribution in [0.25, 0.3) is 0 Å². The van der Waals surface area contributed by atoms with Crippen LogP contribution in [0, 0.1) is 6.92 Å². The van der Waals surface area contributed by atoms with E-state index in [2.05, 4.69) is 10.6 Å². The summed E-state index contributed by atoms with van der Waals surface area (Å²) in [6.07, 6.45) is 1.96. The van der Waals surface area contributed by atoms with Gasteiger partial charge in [0.2, 0.25) is 0 Å². The molecule has 19 heavy (non-hydrogen) atoms. The molecule has 0 heterocycles.